The lowest BCUT2D eigenvalue weighted by Gasteiger charge is -2.36. The van der Waals surface area contributed by atoms with E-state index in [1.807, 2.05) is 6.92 Å². The predicted molar refractivity (Wildman–Crippen MR) is 98.0 cm³/mol. The van der Waals surface area contributed by atoms with Crippen molar-refractivity contribution in [3.8, 4) is 5.75 Å². The lowest BCUT2D eigenvalue weighted by molar-refractivity contribution is 0.198. The summed E-state index contributed by atoms with van der Waals surface area (Å²) in [4.78, 5) is 2.55. The third kappa shape index (κ3) is 3.94. The zero-order chi connectivity index (χ0) is 16.1. The van der Waals surface area contributed by atoms with Crippen LogP contribution in [0.5, 0.6) is 5.75 Å². The SMILES string of the molecule is CCOc1ccc(C(c2ccccc2Br)N2CCNCC2)cc1. The van der Waals surface area contributed by atoms with Crippen molar-refractivity contribution in [2.45, 2.75) is 13.0 Å². The summed E-state index contributed by atoms with van der Waals surface area (Å²) in [7, 11) is 0. The molecule has 1 fully saturated rings. The minimum Gasteiger partial charge on any atom is -0.494 e. The van der Waals surface area contributed by atoms with E-state index in [2.05, 4.69) is 74.7 Å². The van der Waals surface area contributed by atoms with Crippen molar-refractivity contribution in [1.82, 2.24) is 10.2 Å². The molecule has 3 nitrogen and oxygen atoms in total. The molecule has 0 radical (unpaired) electrons. The molecule has 1 atom stereocenters. The van der Waals surface area contributed by atoms with Crippen molar-refractivity contribution >= 4 is 15.9 Å². The largest absolute Gasteiger partial charge is 0.494 e. The first-order valence-corrected chi connectivity index (χ1v) is 9.01. The number of rotatable bonds is 5. The van der Waals surface area contributed by atoms with Crippen LogP contribution in [-0.4, -0.2) is 37.7 Å². The molecular formula is C19H23BrN2O. The van der Waals surface area contributed by atoms with Crippen molar-refractivity contribution in [2.75, 3.05) is 32.8 Å². The van der Waals surface area contributed by atoms with E-state index in [0.29, 0.717) is 6.61 Å². The number of nitrogens with zero attached hydrogens (tertiary/aromatic N) is 1. The van der Waals surface area contributed by atoms with Gasteiger partial charge in [0.05, 0.1) is 12.6 Å². The van der Waals surface area contributed by atoms with Gasteiger partial charge in [-0.05, 0) is 36.2 Å². The Balaban J connectivity index is 1.95. The van der Waals surface area contributed by atoms with Crippen LogP contribution < -0.4 is 10.1 Å². The molecule has 3 rings (SSSR count). The van der Waals surface area contributed by atoms with Crippen molar-refractivity contribution in [2.24, 2.45) is 0 Å². The first-order chi connectivity index (χ1) is 11.3. The molecule has 0 aromatic heterocycles. The fourth-order valence-electron chi connectivity index (χ4n) is 3.14. The Bertz CT molecular complexity index is 624. The molecule has 1 unspecified atom stereocenters. The Morgan fingerprint density at radius 1 is 1.09 bits per heavy atom. The van der Waals surface area contributed by atoms with Crippen molar-refractivity contribution < 1.29 is 4.74 Å². The summed E-state index contributed by atoms with van der Waals surface area (Å²) in [6.07, 6.45) is 0. The van der Waals surface area contributed by atoms with Crippen molar-refractivity contribution in [3.05, 3.63) is 64.1 Å². The van der Waals surface area contributed by atoms with E-state index in [-0.39, 0.29) is 6.04 Å². The van der Waals surface area contributed by atoms with Gasteiger partial charge in [-0.15, -0.1) is 0 Å². The maximum absolute atomic E-state index is 5.58. The summed E-state index contributed by atoms with van der Waals surface area (Å²) >= 11 is 3.73. The van der Waals surface area contributed by atoms with Crippen LogP contribution in [0.25, 0.3) is 0 Å². The second kappa shape index (κ2) is 7.95. The summed E-state index contributed by atoms with van der Waals surface area (Å²) in [5.41, 5.74) is 2.63. The third-order valence-electron chi connectivity index (χ3n) is 4.22. The Morgan fingerprint density at radius 3 is 2.43 bits per heavy atom. The summed E-state index contributed by atoms with van der Waals surface area (Å²) in [5.74, 6) is 0.933. The first-order valence-electron chi connectivity index (χ1n) is 8.21. The molecule has 2 aromatic carbocycles. The van der Waals surface area contributed by atoms with Crippen LogP contribution in [0.4, 0.5) is 0 Å². The molecule has 0 aliphatic carbocycles. The van der Waals surface area contributed by atoms with Crippen LogP contribution in [0.15, 0.2) is 53.0 Å². The number of piperazine rings is 1. The van der Waals surface area contributed by atoms with E-state index < -0.39 is 0 Å². The smallest absolute Gasteiger partial charge is 0.119 e. The highest BCUT2D eigenvalue weighted by atomic mass is 79.9. The van der Waals surface area contributed by atoms with Gasteiger partial charge >= 0.3 is 0 Å². The third-order valence-corrected chi connectivity index (χ3v) is 4.95. The molecule has 4 heteroatoms. The van der Waals surface area contributed by atoms with Gasteiger partial charge in [-0.25, -0.2) is 0 Å². The van der Waals surface area contributed by atoms with Gasteiger partial charge in [-0.1, -0.05) is 46.3 Å². The normalized spacial score (nSPS) is 17.0. The molecule has 1 N–H and O–H groups in total. The van der Waals surface area contributed by atoms with E-state index in [4.69, 9.17) is 4.74 Å². The zero-order valence-electron chi connectivity index (χ0n) is 13.5. The molecule has 0 saturated carbocycles. The molecule has 122 valence electrons. The molecule has 2 aromatic rings. The quantitative estimate of drug-likeness (QED) is 0.860. The molecule has 0 bridgehead atoms. The standard InChI is InChI=1S/C19H23BrN2O/c1-2-23-16-9-7-15(8-10-16)19(22-13-11-21-12-14-22)17-5-3-4-6-18(17)20/h3-10,19,21H,2,11-14H2,1H3. The summed E-state index contributed by atoms with van der Waals surface area (Å²) in [6, 6.07) is 17.3. The second-order valence-electron chi connectivity index (χ2n) is 5.71. The average Bonchev–Trinajstić information content (AvgIpc) is 2.60. The number of hydrogen-bond donors (Lipinski definition) is 1. The first kappa shape index (κ1) is 16.5. The van der Waals surface area contributed by atoms with Gasteiger partial charge in [-0.2, -0.15) is 0 Å². The second-order valence-corrected chi connectivity index (χ2v) is 6.57. The fraction of sp³-hybridized carbons (Fsp3) is 0.368. The summed E-state index contributed by atoms with van der Waals surface area (Å²) in [5, 5.41) is 3.44. The average molecular weight is 375 g/mol. The van der Waals surface area contributed by atoms with Gasteiger partial charge in [0.2, 0.25) is 0 Å². The van der Waals surface area contributed by atoms with E-state index >= 15 is 0 Å². The monoisotopic (exact) mass is 374 g/mol. The minimum absolute atomic E-state index is 0.267. The van der Waals surface area contributed by atoms with Crippen LogP contribution in [0.2, 0.25) is 0 Å². The maximum atomic E-state index is 5.58. The molecule has 1 saturated heterocycles. The van der Waals surface area contributed by atoms with Gasteiger partial charge < -0.3 is 10.1 Å². The van der Waals surface area contributed by atoms with Gasteiger partial charge in [0.15, 0.2) is 0 Å². The predicted octanol–water partition coefficient (Wildman–Crippen LogP) is 3.84. The van der Waals surface area contributed by atoms with E-state index in [1.54, 1.807) is 0 Å². The van der Waals surface area contributed by atoms with Crippen molar-refractivity contribution in [3.63, 3.8) is 0 Å². The number of nitrogens with one attached hydrogen (secondary N) is 1. The highest BCUT2D eigenvalue weighted by Gasteiger charge is 2.25. The Morgan fingerprint density at radius 2 is 1.78 bits per heavy atom. The van der Waals surface area contributed by atoms with Gasteiger partial charge in [0, 0.05) is 30.7 Å². The Hall–Kier alpha value is -1.36. The number of halogens is 1. The lowest BCUT2D eigenvalue weighted by Crippen LogP contribution is -2.45. The van der Waals surface area contributed by atoms with Crippen LogP contribution >= 0.6 is 15.9 Å². The summed E-state index contributed by atoms with van der Waals surface area (Å²) < 4.78 is 6.75. The maximum Gasteiger partial charge on any atom is 0.119 e. The zero-order valence-corrected chi connectivity index (χ0v) is 15.1. The minimum atomic E-state index is 0.267. The molecule has 1 aliphatic rings. The van der Waals surface area contributed by atoms with Gasteiger partial charge in [0.1, 0.15) is 5.75 Å². The molecule has 23 heavy (non-hydrogen) atoms. The summed E-state index contributed by atoms with van der Waals surface area (Å²) in [6.45, 7) is 6.90. The van der Waals surface area contributed by atoms with Crippen LogP contribution in [-0.2, 0) is 0 Å². The topological polar surface area (TPSA) is 24.5 Å². The van der Waals surface area contributed by atoms with Crippen molar-refractivity contribution in [1.29, 1.82) is 0 Å². The Labute approximate surface area is 146 Å². The molecule has 1 aliphatic heterocycles. The molecule has 1 heterocycles. The highest BCUT2D eigenvalue weighted by Crippen LogP contribution is 2.34. The van der Waals surface area contributed by atoms with Gasteiger partial charge in [-0.3, -0.25) is 4.90 Å². The van der Waals surface area contributed by atoms with Crippen LogP contribution in [0, 0.1) is 0 Å². The lowest BCUT2D eigenvalue weighted by atomic mass is 9.96. The molecule has 0 amide bonds. The highest BCUT2D eigenvalue weighted by molar-refractivity contribution is 9.10. The molecular weight excluding hydrogens is 352 g/mol. The fourth-order valence-corrected chi connectivity index (χ4v) is 3.64. The van der Waals surface area contributed by atoms with Gasteiger partial charge in [0.25, 0.3) is 0 Å². The van der Waals surface area contributed by atoms with E-state index in [1.165, 1.54) is 11.1 Å². The van der Waals surface area contributed by atoms with E-state index in [9.17, 15) is 0 Å². The van der Waals surface area contributed by atoms with Crippen LogP contribution in [0.3, 0.4) is 0 Å². The number of benzene rings is 2. The number of ether oxygens (including phenoxy) is 1. The molecule has 0 spiro atoms. The van der Waals surface area contributed by atoms with Crippen LogP contribution in [0.1, 0.15) is 24.1 Å². The van der Waals surface area contributed by atoms with E-state index in [0.717, 1.165) is 36.4 Å². The number of hydrogen-bond acceptors (Lipinski definition) is 3. The Kier molecular flexibility index (Phi) is 5.70.